The van der Waals surface area contributed by atoms with E-state index in [4.69, 9.17) is 4.74 Å². The summed E-state index contributed by atoms with van der Waals surface area (Å²) in [6.07, 6.45) is 2.82. The third-order valence-electron chi connectivity index (χ3n) is 4.11. The minimum Gasteiger partial charge on any atom is -0.495 e. The molecule has 0 aliphatic rings. The Labute approximate surface area is 146 Å². The quantitative estimate of drug-likeness (QED) is 0.496. The summed E-state index contributed by atoms with van der Waals surface area (Å²) in [6, 6.07) is 7.62. The molecule has 1 aromatic heterocycles. The average molecular weight is 344 g/mol. The fourth-order valence-corrected chi connectivity index (χ4v) is 2.53. The van der Waals surface area contributed by atoms with Gasteiger partial charge in [0.15, 0.2) is 11.9 Å². The van der Waals surface area contributed by atoms with Gasteiger partial charge in [-0.2, -0.15) is 4.57 Å². The number of non-ortho nitro benzene ring substituents is 1. The molecular weight excluding hydrogens is 322 g/mol. The number of aromatic nitrogens is 1. The fraction of sp³-hybridized carbons (Fsp3) is 0.333. The highest BCUT2D eigenvalue weighted by molar-refractivity contribution is 5.94. The standard InChI is InChI=1S/C18H21N3O4/c1-5-14-7-6-12(2)20(11-14)13(3)18(22)19-16-10-15(21(23)24)8-9-17(16)25-4/h6-11,13H,5H2,1-4H3/p+1/t13-/m0/s1. The number of nitro benzene ring substituents is 1. The van der Waals surface area contributed by atoms with Crippen molar-refractivity contribution >= 4 is 17.3 Å². The van der Waals surface area contributed by atoms with Gasteiger partial charge in [-0.05, 0) is 18.6 Å². The van der Waals surface area contributed by atoms with Gasteiger partial charge in [-0.1, -0.05) is 6.92 Å². The van der Waals surface area contributed by atoms with E-state index in [1.165, 1.54) is 25.3 Å². The summed E-state index contributed by atoms with van der Waals surface area (Å²) in [5.74, 6) is 0.0929. The number of carbonyl (C=O) groups excluding carboxylic acids is 1. The van der Waals surface area contributed by atoms with Crippen molar-refractivity contribution in [2.24, 2.45) is 0 Å². The maximum atomic E-state index is 12.7. The van der Waals surface area contributed by atoms with Crippen molar-refractivity contribution in [3.63, 3.8) is 0 Å². The number of nitro groups is 1. The SMILES string of the molecule is CCc1ccc(C)[n+]([C@@H](C)C(=O)Nc2cc([N+](=O)[O-])ccc2OC)c1. The van der Waals surface area contributed by atoms with Crippen molar-refractivity contribution in [1.29, 1.82) is 0 Å². The van der Waals surface area contributed by atoms with E-state index in [-0.39, 0.29) is 17.3 Å². The van der Waals surface area contributed by atoms with Crippen LogP contribution in [0.2, 0.25) is 0 Å². The predicted octanol–water partition coefficient (Wildman–Crippen LogP) is 2.96. The Morgan fingerprint density at radius 2 is 2.08 bits per heavy atom. The molecule has 1 amide bonds. The highest BCUT2D eigenvalue weighted by Crippen LogP contribution is 2.29. The number of amides is 1. The lowest BCUT2D eigenvalue weighted by molar-refractivity contribution is -0.711. The number of nitrogens with one attached hydrogen (secondary N) is 1. The third-order valence-corrected chi connectivity index (χ3v) is 4.11. The van der Waals surface area contributed by atoms with Crippen LogP contribution in [0.5, 0.6) is 5.75 Å². The van der Waals surface area contributed by atoms with Gasteiger partial charge in [0.25, 0.3) is 11.6 Å². The Hall–Kier alpha value is -2.96. The number of benzene rings is 1. The molecule has 1 N–H and O–H groups in total. The van der Waals surface area contributed by atoms with Gasteiger partial charge in [0, 0.05) is 37.6 Å². The second-order valence-corrected chi connectivity index (χ2v) is 5.75. The maximum absolute atomic E-state index is 12.7. The monoisotopic (exact) mass is 344 g/mol. The van der Waals surface area contributed by atoms with Gasteiger partial charge in [0.1, 0.15) is 5.75 Å². The van der Waals surface area contributed by atoms with Crippen LogP contribution in [0.15, 0.2) is 36.5 Å². The number of hydrogen-bond donors (Lipinski definition) is 1. The van der Waals surface area contributed by atoms with Gasteiger partial charge in [0.05, 0.1) is 17.7 Å². The summed E-state index contributed by atoms with van der Waals surface area (Å²) < 4.78 is 7.07. The van der Waals surface area contributed by atoms with Gasteiger partial charge >= 0.3 is 0 Å². The van der Waals surface area contributed by atoms with Crippen molar-refractivity contribution in [2.45, 2.75) is 33.2 Å². The van der Waals surface area contributed by atoms with E-state index in [0.717, 1.165) is 17.7 Å². The van der Waals surface area contributed by atoms with Crippen molar-refractivity contribution in [3.8, 4) is 5.75 Å². The Morgan fingerprint density at radius 1 is 1.36 bits per heavy atom. The molecule has 0 aliphatic heterocycles. The first-order valence-electron chi connectivity index (χ1n) is 8.01. The molecule has 25 heavy (non-hydrogen) atoms. The Morgan fingerprint density at radius 3 is 2.68 bits per heavy atom. The van der Waals surface area contributed by atoms with Crippen molar-refractivity contribution in [2.75, 3.05) is 12.4 Å². The Kier molecular flexibility index (Phi) is 5.69. The van der Waals surface area contributed by atoms with Gasteiger partial charge < -0.3 is 10.1 Å². The molecule has 2 aromatic rings. The molecule has 7 nitrogen and oxygen atoms in total. The zero-order valence-corrected chi connectivity index (χ0v) is 14.8. The van der Waals surface area contributed by atoms with Gasteiger partial charge in [-0.15, -0.1) is 0 Å². The largest absolute Gasteiger partial charge is 0.495 e. The minimum absolute atomic E-state index is 0.111. The molecule has 0 aliphatic carbocycles. The number of carbonyl (C=O) groups is 1. The van der Waals surface area contributed by atoms with E-state index in [9.17, 15) is 14.9 Å². The number of methoxy groups -OCH3 is 1. The van der Waals surface area contributed by atoms with Gasteiger partial charge in [-0.25, -0.2) is 0 Å². The van der Waals surface area contributed by atoms with Crippen LogP contribution in [-0.4, -0.2) is 17.9 Å². The van der Waals surface area contributed by atoms with Crippen molar-refractivity contribution < 1.29 is 19.0 Å². The summed E-state index contributed by atoms with van der Waals surface area (Å²) in [5.41, 5.74) is 2.24. The van der Waals surface area contributed by atoms with E-state index in [2.05, 4.69) is 5.32 Å². The number of rotatable bonds is 6. The molecule has 0 spiro atoms. The van der Waals surface area contributed by atoms with Crippen molar-refractivity contribution in [1.82, 2.24) is 0 Å². The highest BCUT2D eigenvalue weighted by Gasteiger charge is 2.26. The molecule has 0 saturated heterocycles. The Bertz CT molecular complexity index is 805. The molecule has 0 radical (unpaired) electrons. The van der Waals surface area contributed by atoms with Crippen LogP contribution in [0.1, 0.15) is 31.1 Å². The number of aryl methyl sites for hydroxylation is 2. The van der Waals surface area contributed by atoms with Crippen LogP contribution in [-0.2, 0) is 11.2 Å². The zero-order chi connectivity index (χ0) is 18.6. The lowest BCUT2D eigenvalue weighted by atomic mass is 10.1. The molecule has 2 rings (SSSR count). The second kappa shape index (κ2) is 7.74. The average Bonchev–Trinajstić information content (AvgIpc) is 2.61. The fourth-order valence-electron chi connectivity index (χ4n) is 2.53. The molecule has 1 aromatic carbocycles. The summed E-state index contributed by atoms with van der Waals surface area (Å²) >= 11 is 0. The molecule has 7 heteroatoms. The first-order valence-corrected chi connectivity index (χ1v) is 8.01. The molecule has 0 fully saturated rings. The van der Waals surface area contributed by atoms with Crippen LogP contribution >= 0.6 is 0 Å². The van der Waals surface area contributed by atoms with Crippen LogP contribution in [0.4, 0.5) is 11.4 Å². The number of hydrogen-bond acceptors (Lipinski definition) is 4. The van der Waals surface area contributed by atoms with E-state index in [0.29, 0.717) is 5.75 Å². The topological polar surface area (TPSA) is 85.3 Å². The lowest BCUT2D eigenvalue weighted by Gasteiger charge is -2.13. The maximum Gasteiger partial charge on any atom is 0.293 e. The minimum atomic E-state index is -0.512. The molecule has 1 atom stereocenters. The molecule has 0 saturated carbocycles. The first kappa shape index (κ1) is 18.4. The van der Waals surface area contributed by atoms with Crippen LogP contribution in [0.25, 0.3) is 0 Å². The smallest absolute Gasteiger partial charge is 0.293 e. The molecule has 0 bridgehead atoms. The number of pyridine rings is 1. The number of ether oxygens (including phenoxy) is 1. The number of nitrogens with zero attached hydrogens (tertiary/aromatic N) is 2. The van der Waals surface area contributed by atoms with Crippen molar-refractivity contribution in [3.05, 3.63) is 57.9 Å². The van der Waals surface area contributed by atoms with Gasteiger partial charge in [-0.3, -0.25) is 14.9 Å². The molecule has 1 heterocycles. The Balaban J connectivity index is 2.30. The zero-order valence-electron chi connectivity index (χ0n) is 14.8. The summed E-state index contributed by atoms with van der Waals surface area (Å²) in [4.78, 5) is 23.1. The predicted molar refractivity (Wildman–Crippen MR) is 93.7 cm³/mol. The summed E-state index contributed by atoms with van der Waals surface area (Å²) in [5, 5.41) is 13.7. The molecular formula is C18H22N3O4+. The molecule has 132 valence electrons. The van der Waals surface area contributed by atoms with E-state index < -0.39 is 11.0 Å². The van der Waals surface area contributed by atoms with Crippen LogP contribution < -0.4 is 14.6 Å². The van der Waals surface area contributed by atoms with E-state index in [1.807, 2.05) is 36.7 Å². The third kappa shape index (κ3) is 4.12. The molecule has 0 unspecified atom stereocenters. The highest BCUT2D eigenvalue weighted by atomic mass is 16.6. The normalized spacial score (nSPS) is 11.7. The first-order chi connectivity index (χ1) is 11.9. The number of anilines is 1. The lowest BCUT2D eigenvalue weighted by Crippen LogP contribution is -2.47. The van der Waals surface area contributed by atoms with E-state index in [1.54, 1.807) is 6.92 Å². The summed E-state index contributed by atoms with van der Waals surface area (Å²) in [6.45, 7) is 5.76. The van der Waals surface area contributed by atoms with Crippen LogP contribution in [0, 0.1) is 17.0 Å². The van der Waals surface area contributed by atoms with Gasteiger partial charge in [0.2, 0.25) is 6.04 Å². The van der Waals surface area contributed by atoms with Crippen LogP contribution in [0.3, 0.4) is 0 Å². The summed E-state index contributed by atoms with van der Waals surface area (Å²) in [7, 11) is 1.45. The van der Waals surface area contributed by atoms with E-state index >= 15 is 0 Å². The second-order valence-electron chi connectivity index (χ2n) is 5.75.